The van der Waals surface area contributed by atoms with Crippen molar-refractivity contribution in [2.24, 2.45) is 0 Å². The Bertz CT molecular complexity index is 575. The van der Waals surface area contributed by atoms with Crippen LogP contribution in [0, 0.1) is 19.7 Å². The minimum atomic E-state index is -0.242. The summed E-state index contributed by atoms with van der Waals surface area (Å²) in [6.07, 6.45) is 0. The Kier molecular flexibility index (Phi) is 4.00. The molecule has 102 valence electrons. The first-order chi connectivity index (χ1) is 9.04. The third kappa shape index (κ3) is 2.68. The molecule has 3 nitrogen and oxygen atoms in total. The van der Waals surface area contributed by atoms with E-state index < -0.39 is 0 Å². The number of aryl methyl sites for hydroxylation is 2. The number of hydrogen-bond donors (Lipinski definition) is 1. The smallest absolute Gasteiger partial charge is 0.149 e. The van der Waals surface area contributed by atoms with E-state index in [4.69, 9.17) is 0 Å². The summed E-state index contributed by atoms with van der Waals surface area (Å²) in [7, 11) is 0. The first-order valence-electron chi connectivity index (χ1n) is 6.60. The Morgan fingerprint density at radius 2 is 2.11 bits per heavy atom. The van der Waals surface area contributed by atoms with Crippen molar-refractivity contribution in [2.45, 2.75) is 33.7 Å². The van der Waals surface area contributed by atoms with Crippen LogP contribution in [0.4, 0.5) is 4.39 Å². The maximum absolute atomic E-state index is 14.2. The van der Waals surface area contributed by atoms with Gasteiger partial charge >= 0.3 is 0 Å². The molecule has 1 aromatic heterocycles. The molecule has 4 heteroatoms. The summed E-state index contributed by atoms with van der Waals surface area (Å²) in [5.41, 5.74) is 3.30. The van der Waals surface area contributed by atoms with Crippen LogP contribution in [0.25, 0.3) is 5.69 Å². The summed E-state index contributed by atoms with van der Waals surface area (Å²) in [5.74, 6) is -0.242. The Morgan fingerprint density at radius 3 is 2.68 bits per heavy atom. The zero-order valence-corrected chi connectivity index (χ0v) is 11.9. The number of para-hydroxylation sites is 1. The largest absolute Gasteiger partial charge is 0.310 e. The molecule has 2 aromatic rings. The molecular formula is C15H20FN3. The lowest BCUT2D eigenvalue weighted by Crippen LogP contribution is -2.20. The van der Waals surface area contributed by atoms with Crippen LogP contribution in [0.3, 0.4) is 0 Å². The van der Waals surface area contributed by atoms with Gasteiger partial charge in [0.25, 0.3) is 0 Å². The lowest BCUT2D eigenvalue weighted by Gasteiger charge is -2.18. The average Bonchev–Trinajstić information content (AvgIpc) is 2.68. The van der Waals surface area contributed by atoms with Crippen LogP contribution < -0.4 is 5.32 Å². The van der Waals surface area contributed by atoms with Gasteiger partial charge in [-0.1, -0.05) is 19.1 Å². The highest BCUT2D eigenvalue weighted by molar-refractivity contribution is 5.45. The van der Waals surface area contributed by atoms with Crippen molar-refractivity contribution in [1.82, 2.24) is 15.1 Å². The highest BCUT2D eigenvalue weighted by atomic mass is 19.1. The molecule has 0 aliphatic rings. The maximum Gasteiger partial charge on any atom is 0.149 e. The Balaban J connectivity index is 2.58. The zero-order valence-electron chi connectivity index (χ0n) is 11.9. The van der Waals surface area contributed by atoms with Crippen LogP contribution in [-0.2, 0) is 0 Å². The second kappa shape index (κ2) is 5.53. The predicted octanol–water partition coefficient (Wildman–Crippen LogP) is 3.30. The number of halogens is 1. The van der Waals surface area contributed by atoms with Gasteiger partial charge in [-0.2, -0.15) is 5.10 Å². The number of nitrogens with zero attached hydrogens (tertiary/aromatic N) is 2. The van der Waals surface area contributed by atoms with Crippen LogP contribution in [0.2, 0.25) is 0 Å². The maximum atomic E-state index is 14.2. The molecule has 0 radical (unpaired) electrons. The number of nitrogens with one attached hydrogen (secondary N) is 1. The average molecular weight is 261 g/mol. The van der Waals surface area contributed by atoms with E-state index >= 15 is 0 Å². The Morgan fingerprint density at radius 1 is 1.37 bits per heavy atom. The summed E-state index contributed by atoms with van der Waals surface area (Å²) in [6.45, 7) is 8.77. The van der Waals surface area contributed by atoms with Crippen molar-refractivity contribution in [1.29, 1.82) is 0 Å². The van der Waals surface area contributed by atoms with E-state index in [1.807, 2.05) is 39.8 Å². The third-order valence-electron chi connectivity index (χ3n) is 3.22. The lowest BCUT2D eigenvalue weighted by molar-refractivity contribution is 0.567. The molecule has 1 N–H and O–H groups in total. The van der Waals surface area contributed by atoms with Gasteiger partial charge in [0.15, 0.2) is 0 Å². The van der Waals surface area contributed by atoms with Gasteiger partial charge < -0.3 is 5.32 Å². The summed E-state index contributed by atoms with van der Waals surface area (Å²) in [6, 6.07) is 7.21. The van der Waals surface area contributed by atoms with Gasteiger partial charge in [-0.3, -0.25) is 0 Å². The molecule has 0 aliphatic heterocycles. The van der Waals surface area contributed by atoms with Crippen LogP contribution in [0.15, 0.2) is 24.3 Å². The molecule has 0 saturated heterocycles. The summed E-state index contributed by atoms with van der Waals surface area (Å²) in [4.78, 5) is 0. The monoisotopic (exact) mass is 261 g/mol. The Labute approximate surface area is 113 Å². The normalized spacial score (nSPS) is 12.7. The SMILES string of the molecule is CCNC(C)c1cccc(F)c1-n1nc(C)cc1C. The third-order valence-corrected chi connectivity index (χ3v) is 3.22. The molecule has 0 spiro atoms. The van der Waals surface area contributed by atoms with Gasteiger partial charge in [0.2, 0.25) is 0 Å². The second-order valence-electron chi connectivity index (χ2n) is 4.80. The minimum Gasteiger partial charge on any atom is -0.310 e. The Hall–Kier alpha value is -1.68. The number of hydrogen-bond acceptors (Lipinski definition) is 2. The van der Waals surface area contributed by atoms with E-state index in [1.54, 1.807) is 10.7 Å². The standard InChI is InChI=1S/C15H20FN3/c1-5-17-12(4)13-7-6-8-14(16)15(13)19-11(3)9-10(2)18-19/h6-9,12,17H,5H2,1-4H3. The van der Waals surface area contributed by atoms with Crippen molar-refractivity contribution in [3.63, 3.8) is 0 Å². The fraction of sp³-hybridized carbons (Fsp3) is 0.400. The van der Waals surface area contributed by atoms with Crippen molar-refractivity contribution in [3.05, 3.63) is 47.0 Å². The van der Waals surface area contributed by atoms with Gasteiger partial charge in [-0.15, -0.1) is 0 Å². The van der Waals surface area contributed by atoms with E-state index in [0.717, 1.165) is 23.5 Å². The fourth-order valence-electron chi connectivity index (χ4n) is 2.38. The highest BCUT2D eigenvalue weighted by Crippen LogP contribution is 2.25. The fourth-order valence-corrected chi connectivity index (χ4v) is 2.38. The number of benzene rings is 1. The molecular weight excluding hydrogens is 241 g/mol. The molecule has 0 fully saturated rings. The molecule has 1 aromatic carbocycles. The highest BCUT2D eigenvalue weighted by Gasteiger charge is 2.17. The van der Waals surface area contributed by atoms with E-state index in [9.17, 15) is 4.39 Å². The van der Waals surface area contributed by atoms with Gasteiger partial charge in [-0.25, -0.2) is 9.07 Å². The zero-order chi connectivity index (χ0) is 14.0. The first-order valence-corrected chi connectivity index (χ1v) is 6.60. The molecule has 0 bridgehead atoms. The molecule has 1 atom stereocenters. The van der Waals surface area contributed by atoms with Crippen LogP contribution in [-0.4, -0.2) is 16.3 Å². The van der Waals surface area contributed by atoms with E-state index in [0.29, 0.717) is 5.69 Å². The molecule has 2 rings (SSSR count). The van der Waals surface area contributed by atoms with Crippen LogP contribution in [0.1, 0.15) is 36.8 Å². The van der Waals surface area contributed by atoms with Gasteiger partial charge in [0.05, 0.1) is 5.69 Å². The molecule has 1 unspecified atom stereocenters. The van der Waals surface area contributed by atoms with Crippen molar-refractivity contribution < 1.29 is 4.39 Å². The second-order valence-corrected chi connectivity index (χ2v) is 4.80. The van der Waals surface area contributed by atoms with E-state index in [2.05, 4.69) is 10.4 Å². The summed E-state index contributed by atoms with van der Waals surface area (Å²) < 4.78 is 15.9. The number of aromatic nitrogens is 2. The van der Waals surface area contributed by atoms with Gasteiger partial charge in [-0.05, 0) is 45.0 Å². The summed E-state index contributed by atoms with van der Waals surface area (Å²) in [5, 5.41) is 7.71. The van der Waals surface area contributed by atoms with Gasteiger partial charge in [0, 0.05) is 11.7 Å². The summed E-state index contributed by atoms with van der Waals surface area (Å²) >= 11 is 0. The minimum absolute atomic E-state index is 0.0830. The lowest BCUT2D eigenvalue weighted by atomic mass is 10.1. The first kappa shape index (κ1) is 13.7. The predicted molar refractivity (Wildman–Crippen MR) is 75.1 cm³/mol. The van der Waals surface area contributed by atoms with Crippen molar-refractivity contribution >= 4 is 0 Å². The van der Waals surface area contributed by atoms with E-state index in [1.165, 1.54) is 6.07 Å². The van der Waals surface area contributed by atoms with Crippen molar-refractivity contribution in [2.75, 3.05) is 6.54 Å². The van der Waals surface area contributed by atoms with Crippen LogP contribution in [0.5, 0.6) is 0 Å². The molecule has 0 saturated carbocycles. The molecule has 1 heterocycles. The number of rotatable bonds is 4. The topological polar surface area (TPSA) is 29.9 Å². The van der Waals surface area contributed by atoms with Gasteiger partial charge in [0.1, 0.15) is 11.5 Å². The molecule has 19 heavy (non-hydrogen) atoms. The van der Waals surface area contributed by atoms with E-state index in [-0.39, 0.29) is 11.9 Å². The van der Waals surface area contributed by atoms with Crippen LogP contribution >= 0.6 is 0 Å². The quantitative estimate of drug-likeness (QED) is 0.915. The molecule has 0 amide bonds. The van der Waals surface area contributed by atoms with Crippen molar-refractivity contribution in [3.8, 4) is 5.69 Å². The molecule has 0 aliphatic carbocycles.